The molecule has 0 atom stereocenters. The minimum Gasteiger partial charge on any atom is -0.487 e. The van der Waals surface area contributed by atoms with Gasteiger partial charge in [0.05, 0.1) is 5.52 Å². The van der Waals surface area contributed by atoms with Crippen molar-refractivity contribution >= 4 is 21.8 Å². The first kappa shape index (κ1) is 23.4. The number of ether oxygens (including phenoxy) is 1. The molecule has 0 spiro atoms. The third-order valence-electron chi connectivity index (χ3n) is 6.73. The van der Waals surface area contributed by atoms with Gasteiger partial charge in [-0.2, -0.15) is 0 Å². The van der Waals surface area contributed by atoms with E-state index < -0.39 is 0 Å². The van der Waals surface area contributed by atoms with E-state index in [0.29, 0.717) is 6.61 Å². The van der Waals surface area contributed by atoms with Crippen molar-refractivity contribution < 1.29 is 4.74 Å². The van der Waals surface area contributed by atoms with Crippen molar-refractivity contribution in [2.45, 2.75) is 84.3 Å². The van der Waals surface area contributed by atoms with Gasteiger partial charge < -0.3 is 9.30 Å². The number of aryl methyl sites for hydroxylation is 1. The van der Waals surface area contributed by atoms with Crippen molar-refractivity contribution in [2.24, 2.45) is 0 Å². The summed E-state index contributed by atoms with van der Waals surface area (Å²) in [5.41, 5.74) is 3.76. The molecule has 0 fully saturated rings. The average Bonchev–Trinajstić information content (AvgIpc) is 3.19. The highest BCUT2D eigenvalue weighted by molar-refractivity contribution is 6.10. The molecule has 0 bridgehead atoms. The second kappa shape index (κ2) is 12.5. The Bertz CT molecular complexity index is 1110. The summed E-state index contributed by atoms with van der Waals surface area (Å²) >= 11 is 0. The summed E-state index contributed by atoms with van der Waals surface area (Å²) in [4.78, 5) is 0. The number of hydrogen-bond donors (Lipinski definition) is 0. The zero-order valence-electron chi connectivity index (χ0n) is 20.3. The fraction of sp³-hybridized carbons (Fsp3) is 0.419. The van der Waals surface area contributed by atoms with Gasteiger partial charge in [-0.1, -0.05) is 125 Å². The first-order valence-corrected chi connectivity index (χ1v) is 13.0. The number of hydrogen-bond acceptors (Lipinski definition) is 1. The predicted molar refractivity (Wildman–Crippen MR) is 142 cm³/mol. The van der Waals surface area contributed by atoms with Crippen LogP contribution in [-0.2, 0) is 13.2 Å². The third-order valence-corrected chi connectivity index (χ3v) is 6.73. The van der Waals surface area contributed by atoms with Crippen LogP contribution in [0.5, 0.6) is 5.75 Å². The second-order valence-corrected chi connectivity index (χ2v) is 9.28. The van der Waals surface area contributed by atoms with E-state index in [1.807, 2.05) is 0 Å². The Hall–Kier alpha value is -2.74. The van der Waals surface area contributed by atoms with E-state index >= 15 is 0 Å². The Labute approximate surface area is 199 Å². The fourth-order valence-corrected chi connectivity index (χ4v) is 4.92. The van der Waals surface area contributed by atoms with Gasteiger partial charge in [0.25, 0.3) is 0 Å². The van der Waals surface area contributed by atoms with Gasteiger partial charge in [0.1, 0.15) is 12.4 Å². The van der Waals surface area contributed by atoms with E-state index in [2.05, 4.69) is 84.3 Å². The van der Waals surface area contributed by atoms with Crippen LogP contribution in [0.3, 0.4) is 0 Å². The first-order chi connectivity index (χ1) is 16.4. The number of aromatic nitrogens is 1. The van der Waals surface area contributed by atoms with Crippen LogP contribution >= 0.6 is 0 Å². The number of nitrogens with zero attached hydrogens (tertiary/aromatic N) is 1. The van der Waals surface area contributed by atoms with Gasteiger partial charge in [0.15, 0.2) is 0 Å². The summed E-state index contributed by atoms with van der Waals surface area (Å²) in [6, 6.07) is 25.7. The van der Waals surface area contributed by atoms with E-state index in [1.165, 1.54) is 91.6 Å². The number of benzene rings is 3. The summed E-state index contributed by atoms with van der Waals surface area (Å²) < 4.78 is 8.85. The van der Waals surface area contributed by atoms with E-state index in [-0.39, 0.29) is 0 Å². The molecule has 0 amide bonds. The quantitative estimate of drug-likeness (QED) is 0.178. The maximum atomic E-state index is 6.35. The zero-order valence-corrected chi connectivity index (χ0v) is 20.3. The highest BCUT2D eigenvalue weighted by Gasteiger charge is 2.14. The molecule has 0 saturated carbocycles. The normalized spacial score (nSPS) is 11.4. The van der Waals surface area contributed by atoms with Crippen LogP contribution in [0.25, 0.3) is 21.8 Å². The number of unbranched alkanes of at least 4 members (excludes halogenated alkanes) is 9. The van der Waals surface area contributed by atoms with Crippen molar-refractivity contribution in [2.75, 3.05) is 0 Å². The first-order valence-electron chi connectivity index (χ1n) is 13.0. The molecule has 0 unspecified atom stereocenters. The fourth-order valence-electron chi connectivity index (χ4n) is 4.92. The smallest absolute Gasteiger partial charge is 0.144 e. The molecule has 4 rings (SSSR count). The van der Waals surface area contributed by atoms with Crippen molar-refractivity contribution in [3.05, 3.63) is 78.4 Å². The largest absolute Gasteiger partial charge is 0.487 e. The molecule has 3 aromatic carbocycles. The Morgan fingerprint density at radius 2 is 1.24 bits per heavy atom. The Balaban J connectivity index is 1.41. The lowest BCUT2D eigenvalue weighted by Gasteiger charge is -2.12. The van der Waals surface area contributed by atoms with Crippen molar-refractivity contribution in [1.29, 1.82) is 0 Å². The van der Waals surface area contributed by atoms with Gasteiger partial charge >= 0.3 is 0 Å². The van der Waals surface area contributed by atoms with Gasteiger partial charge in [-0.3, -0.25) is 0 Å². The number of para-hydroxylation sites is 2. The number of fused-ring (bicyclic) bond motifs is 3. The molecule has 1 heterocycles. The molecule has 0 aliphatic heterocycles. The Morgan fingerprint density at radius 3 is 2.00 bits per heavy atom. The van der Waals surface area contributed by atoms with E-state index in [0.717, 1.165) is 12.3 Å². The standard InChI is InChI=1S/C31H39NO/c1-2-3-4-5-6-7-8-9-10-16-24-32-29-22-15-14-20-27(29)28-21-17-23-30(31(28)32)33-25-26-18-12-11-13-19-26/h11-15,17-23H,2-10,16,24-25H2,1H3. The van der Waals surface area contributed by atoms with Gasteiger partial charge in [-0.25, -0.2) is 0 Å². The molecule has 2 nitrogen and oxygen atoms in total. The van der Waals surface area contributed by atoms with E-state index in [1.54, 1.807) is 0 Å². The highest BCUT2D eigenvalue weighted by atomic mass is 16.5. The lowest BCUT2D eigenvalue weighted by atomic mass is 10.1. The topological polar surface area (TPSA) is 14.2 Å². The Morgan fingerprint density at radius 1 is 0.606 bits per heavy atom. The van der Waals surface area contributed by atoms with Crippen LogP contribution in [0.15, 0.2) is 72.8 Å². The summed E-state index contributed by atoms with van der Waals surface area (Å²) in [5.74, 6) is 0.986. The van der Waals surface area contributed by atoms with Crippen molar-refractivity contribution in [3.8, 4) is 5.75 Å². The van der Waals surface area contributed by atoms with Crippen LogP contribution in [-0.4, -0.2) is 4.57 Å². The van der Waals surface area contributed by atoms with E-state index in [4.69, 9.17) is 4.74 Å². The van der Waals surface area contributed by atoms with Crippen LogP contribution in [0.1, 0.15) is 76.7 Å². The zero-order chi connectivity index (χ0) is 22.7. The second-order valence-electron chi connectivity index (χ2n) is 9.28. The minimum atomic E-state index is 0.597. The molecule has 2 heteroatoms. The molecular formula is C31H39NO. The predicted octanol–water partition coefficient (Wildman–Crippen LogP) is 9.29. The lowest BCUT2D eigenvalue weighted by molar-refractivity contribution is 0.308. The van der Waals surface area contributed by atoms with Crippen LogP contribution in [0, 0.1) is 0 Å². The Kier molecular flexibility index (Phi) is 8.86. The maximum Gasteiger partial charge on any atom is 0.144 e. The average molecular weight is 442 g/mol. The molecule has 0 aliphatic carbocycles. The maximum absolute atomic E-state index is 6.35. The summed E-state index contributed by atoms with van der Waals surface area (Å²) in [6.45, 7) is 3.93. The molecule has 4 aromatic rings. The van der Waals surface area contributed by atoms with Gasteiger partial charge in [-0.15, -0.1) is 0 Å². The van der Waals surface area contributed by atoms with Crippen LogP contribution < -0.4 is 4.74 Å². The summed E-state index contributed by atoms with van der Waals surface area (Å²) in [7, 11) is 0. The molecule has 174 valence electrons. The van der Waals surface area contributed by atoms with Crippen LogP contribution in [0.4, 0.5) is 0 Å². The molecule has 1 aromatic heterocycles. The molecule has 0 aliphatic rings. The summed E-state index contributed by atoms with van der Waals surface area (Å²) in [6.07, 6.45) is 13.6. The third kappa shape index (κ3) is 6.19. The van der Waals surface area contributed by atoms with Gasteiger partial charge in [-0.05, 0) is 24.1 Å². The molecule has 0 N–H and O–H groups in total. The molecule has 0 saturated heterocycles. The lowest BCUT2D eigenvalue weighted by Crippen LogP contribution is -2.01. The highest BCUT2D eigenvalue weighted by Crippen LogP contribution is 2.35. The van der Waals surface area contributed by atoms with Crippen LogP contribution in [0.2, 0.25) is 0 Å². The van der Waals surface area contributed by atoms with Crippen molar-refractivity contribution in [3.63, 3.8) is 0 Å². The van der Waals surface area contributed by atoms with Crippen molar-refractivity contribution in [1.82, 2.24) is 4.57 Å². The monoisotopic (exact) mass is 441 g/mol. The SMILES string of the molecule is CCCCCCCCCCCCn1c2ccccc2c2cccc(OCc3ccccc3)c21. The molecule has 0 radical (unpaired) electrons. The summed E-state index contributed by atoms with van der Waals surface area (Å²) in [5, 5.41) is 2.62. The van der Waals surface area contributed by atoms with Gasteiger partial charge in [0.2, 0.25) is 0 Å². The number of rotatable bonds is 14. The van der Waals surface area contributed by atoms with Gasteiger partial charge in [0, 0.05) is 22.8 Å². The molecule has 33 heavy (non-hydrogen) atoms. The minimum absolute atomic E-state index is 0.597. The van der Waals surface area contributed by atoms with E-state index in [9.17, 15) is 0 Å². The molecular weight excluding hydrogens is 402 g/mol.